The third kappa shape index (κ3) is 4.82. The lowest BCUT2D eigenvalue weighted by atomic mass is 9.93. The highest BCUT2D eigenvalue weighted by Gasteiger charge is 2.37. The van der Waals surface area contributed by atoms with Crippen LogP contribution in [-0.2, 0) is 4.79 Å². The number of rotatable bonds is 6. The molecule has 3 amide bonds. The third-order valence-corrected chi connectivity index (χ3v) is 8.07. The number of nitrogens with zero attached hydrogens (tertiary/aromatic N) is 6. The largest absolute Gasteiger partial charge is 0.376 e. The fourth-order valence-corrected chi connectivity index (χ4v) is 5.75. The van der Waals surface area contributed by atoms with Crippen molar-refractivity contribution in [3.63, 3.8) is 0 Å². The highest BCUT2D eigenvalue weighted by Crippen LogP contribution is 2.31. The molecule has 0 spiro atoms. The lowest BCUT2D eigenvalue weighted by Crippen LogP contribution is -2.45. The van der Waals surface area contributed by atoms with Gasteiger partial charge in [0.1, 0.15) is 12.4 Å². The maximum atomic E-state index is 13.1. The highest BCUT2D eigenvalue weighted by atomic mass is 79.9. The van der Waals surface area contributed by atoms with Gasteiger partial charge in [-0.25, -0.2) is 4.98 Å². The van der Waals surface area contributed by atoms with E-state index in [1.165, 1.54) is 5.57 Å². The summed E-state index contributed by atoms with van der Waals surface area (Å²) in [4.78, 5) is 48.2. The van der Waals surface area contributed by atoms with Crippen LogP contribution in [0.1, 0.15) is 45.2 Å². The van der Waals surface area contributed by atoms with Crippen molar-refractivity contribution in [3.05, 3.63) is 81.7 Å². The average Bonchev–Trinajstić information content (AvgIpc) is 3.44. The van der Waals surface area contributed by atoms with Crippen LogP contribution in [0.2, 0.25) is 0 Å². The Morgan fingerprint density at radius 2 is 1.85 bits per heavy atom. The normalized spacial score (nSPS) is 17.7. The average molecular weight is 590 g/mol. The van der Waals surface area contributed by atoms with E-state index in [1.807, 2.05) is 19.3 Å². The first-order valence-corrected chi connectivity index (χ1v) is 13.8. The maximum Gasteiger partial charge on any atom is 0.262 e. The number of benzene rings is 1. The van der Waals surface area contributed by atoms with Crippen LogP contribution in [0.3, 0.4) is 0 Å². The molecule has 39 heavy (non-hydrogen) atoms. The number of fused-ring (bicyclic) bond motifs is 2. The topological polar surface area (TPSA) is 103 Å². The molecule has 5 heterocycles. The van der Waals surface area contributed by atoms with Crippen molar-refractivity contribution in [1.29, 1.82) is 0 Å². The number of likely N-dealkylation sites (N-methyl/N-ethyl adjacent to an activating group) is 1. The van der Waals surface area contributed by atoms with Crippen LogP contribution in [0, 0.1) is 0 Å². The van der Waals surface area contributed by atoms with Gasteiger partial charge in [-0.2, -0.15) is 9.61 Å². The molecule has 2 aromatic heterocycles. The molecule has 6 rings (SSSR count). The summed E-state index contributed by atoms with van der Waals surface area (Å²) in [5.74, 6) is 0.00227. The predicted octanol–water partition coefficient (Wildman–Crippen LogP) is 3.29. The SMILES string of the molecule is CN1C=CC=C(CNc2cc(C3CCN(C(=O)CN4C(=O)c5ccccc5C4=O)CC3)nc3c(Br)cnn23)C1. The van der Waals surface area contributed by atoms with E-state index in [0.29, 0.717) is 30.8 Å². The smallest absolute Gasteiger partial charge is 0.262 e. The van der Waals surface area contributed by atoms with Crippen molar-refractivity contribution < 1.29 is 14.4 Å². The van der Waals surface area contributed by atoms with Gasteiger partial charge >= 0.3 is 0 Å². The van der Waals surface area contributed by atoms with E-state index in [0.717, 1.165) is 45.9 Å². The molecule has 1 aromatic carbocycles. The zero-order valence-corrected chi connectivity index (χ0v) is 23.1. The number of hydrogen-bond acceptors (Lipinski definition) is 7. The molecule has 1 saturated heterocycles. The Kier molecular flexibility index (Phi) is 6.68. The van der Waals surface area contributed by atoms with Gasteiger partial charge in [0.25, 0.3) is 11.8 Å². The number of nitrogens with one attached hydrogen (secondary N) is 1. The predicted molar refractivity (Wildman–Crippen MR) is 149 cm³/mol. The van der Waals surface area contributed by atoms with Crippen molar-refractivity contribution in [2.45, 2.75) is 18.8 Å². The number of allylic oxidation sites excluding steroid dienone is 2. The summed E-state index contributed by atoms with van der Waals surface area (Å²) in [6.45, 7) is 2.39. The summed E-state index contributed by atoms with van der Waals surface area (Å²) in [5.41, 5.74) is 3.67. The molecule has 0 bridgehead atoms. The number of aromatic nitrogens is 3. The van der Waals surface area contributed by atoms with Gasteiger partial charge in [0.05, 0.1) is 21.8 Å². The number of anilines is 1. The van der Waals surface area contributed by atoms with Crippen molar-refractivity contribution in [1.82, 2.24) is 29.3 Å². The fraction of sp³-hybridized carbons (Fsp3) is 0.321. The lowest BCUT2D eigenvalue weighted by Gasteiger charge is -2.32. The van der Waals surface area contributed by atoms with Gasteiger partial charge in [-0.3, -0.25) is 19.3 Å². The van der Waals surface area contributed by atoms with Crippen LogP contribution < -0.4 is 5.32 Å². The van der Waals surface area contributed by atoms with E-state index < -0.39 is 11.8 Å². The highest BCUT2D eigenvalue weighted by molar-refractivity contribution is 9.10. The first kappa shape index (κ1) is 25.3. The van der Waals surface area contributed by atoms with Gasteiger partial charge in [-0.1, -0.05) is 18.2 Å². The van der Waals surface area contributed by atoms with E-state index in [-0.39, 0.29) is 18.4 Å². The van der Waals surface area contributed by atoms with Crippen molar-refractivity contribution in [3.8, 4) is 0 Å². The summed E-state index contributed by atoms with van der Waals surface area (Å²) in [7, 11) is 2.05. The molecule has 0 aliphatic carbocycles. The second kappa shape index (κ2) is 10.3. The molecule has 200 valence electrons. The van der Waals surface area contributed by atoms with Gasteiger partial charge in [0.15, 0.2) is 5.65 Å². The molecule has 11 heteroatoms. The summed E-state index contributed by atoms with van der Waals surface area (Å²) < 4.78 is 2.62. The monoisotopic (exact) mass is 589 g/mol. The minimum absolute atomic E-state index is 0.170. The van der Waals surface area contributed by atoms with Crippen LogP contribution >= 0.6 is 15.9 Å². The first-order valence-electron chi connectivity index (χ1n) is 13.0. The Labute approximate surface area is 234 Å². The van der Waals surface area contributed by atoms with Gasteiger partial charge < -0.3 is 15.1 Å². The first-order chi connectivity index (χ1) is 18.9. The number of likely N-dealkylation sites (tertiary alicyclic amines) is 1. The van der Waals surface area contributed by atoms with Crippen molar-refractivity contribution >= 4 is 45.1 Å². The summed E-state index contributed by atoms with van der Waals surface area (Å²) in [6.07, 6.45) is 9.44. The minimum Gasteiger partial charge on any atom is -0.376 e. The second-order valence-corrected chi connectivity index (χ2v) is 11.0. The zero-order valence-electron chi connectivity index (χ0n) is 21.5. The number of hydrogen-bond donors (Lipinski definition) is 1. The van der Waals surface area contributed by atoms with Gasteiger partial charge in [0.2, 0.25) is 5.91 Å². The summed E-state index contributed by atoms with van der Waals surface area (Å²) in [6, 6.07) is 8.74. The quantitative estimate of drug-likeness (QED) is 0.440. The molecule has 3 aromatic rings. The van der Waals surface area contributed by atoms with Crippen LogP contribution in [0.4, 0.5) is 5.82 Å². The number of carbonyl (C=O) groups excluding carboxylic acids is 3. The van der Waals surface area contributed by atoms with Crippen molar-refractivity contribution in [2.24, 2.45) is 0 Å². The number of amides is 3. The van der Waals surface area contributed by atoms with E-state index in [2.05, 4.69) is 43.4 Å². The van der Waals surface area contributed by atoms with Gasteiger partial charge in [0, 0.05) is 50.9 Å². The lowest BCUT2D eigenvalue weighted by molar-refractivity contribution is -0.132. The van der Waals surface area contributed by atoms with Crippen molar-refractivity contribution in [2.75, 3.05) is 45.1 Å². The van der Waals surface area contributed by atoms with E-state index in [1.54, 1.807) is 39.9 Å². The van der Waals surface area contributed by atoms with Crippen LogP contribution in [0.25, 0.3) is 5.65 Å². The van der Waals surface area contributed by atoms with Gasteiger partial charge in [-0.05, 0) is 58.8 Å². The Bertz CT molecular complexity index is 1500. The molecule has 1 fully saturated rings. The fourth-order valence-electron chi connectivity index (χ4n) is 5.40. The standard InChI is InChI=1S/C28H28BrN7O3/c1-33-10-4-5-18(16-33)14-30-24-13-23(32-26-22(29)15-31-36(24)26)19-8-11-34(12-9-19)25(37)17-35-27(38)20-6-2-3-7-21(20)28(35)39/h2-7,10,13,15,19,30H,8-9,11-12,14,16-17H2,1H3. The molecule has 3 aliphatic heterocycles. The molecule has 10 nitrogen and oxygen atoms in total. The molecule has 0 atom stereocenters. The molecule has 0 radical (unpaired) electrons. The van der Waals surface area contributed by atoms with E-state index >= 15 is 0 Å². The number of imide groups is 1. The summed E-state index contributed by atoms with van der Waals surface area (Å²) >= 11 is 3.57. The summed E-state index contributed by atoms with van der Waals surface area (Å²) in [5, 5.41) is 8.01. The molecule has 0 unspecified atom stereocenters. The Hall–Kier alpha value is -3.99. The molecule has 1 N–H and O–H groups in total. The van der Waals surface area contributed by atoms with Crippen LogP contribution in [0.15, 0.2) is 64.9 Å². The molecule has 0 saturated carbocycles. The maximum absolute atomic E-state index is 13.1. The van der Waals surface area contributed by atoms with E-state index in [9.17, 15) is 14.4 Å². The number of halogens is 1. The number of carbonyl (C=O) groups is 3. The Balaban J connectivity index is 1.12. The zero-order chi connectivity index (χ0) is 27.1. The molecular weight excluding hydrogens is 562 g/mol. The van der Waals surface area contributed by atoms with E-state index in [4.69, 9.17) is 4.98 Å². The Morgan fingerprint density at radius 3 is 2.54 bits per heavy atom. The van der Waals surface area contributed by atoms with Gasteiger partial charge in [-0.15, -0.1) is 0 Å². The third-order valence-electron chi connectivity index (χ3n) is 7.51. The van der Waals surface area contributed by atoms with Crippen LogP contribution in [0.5, 0.6) is 0 Å². The minimum atomic E-state index is -0.408. The Morgan fingerprint density at radius 1 is 1.13 bits per heavy atom. The molecular formula is C28H28BrN7O3. The van der Waals surface area contributed by atoms with Crippen LogP contribution in [-0.4, -0.2) is 86.8 Å². The molecule has 3 aliphatic rings. The number of piperidine rings is 1. The second-order valence-electron chi connectivity index (χ2n) is 10.1.